The Labute approximate surface area is 172 Å². The van der Waals surface area contributed by atoms with E-state index in [1.807, 2.05) is 50.2 Å². The van der Waals surface area contributed by atoms with Gasteiger partial charge in [0.1, 0.15) is 6.04 Å². The minimum absolute atomic E-state index is 0.0734. The van der Waals surface area contributed by atoms with Crippen molar-refractivity contribution in [3.05, 3.63) is 71.8 Å². The molecule has 1 amide bonds. The number of carboxylic acid groups (broad SMARTS) is 1. The number of nitrogens with zero attached hydrogens (tertiary/aromatic N) is 2. The molecule has 0 unspecified atom stereocenters. The first-order chi connectivity index (χ1) is 13.9. The fourth-order valence-electron chi connectivity index (χ4n) is 4.03. The molecular formula is C24H30N2O3. The third-order valence-corrected chi connectivity index (χ3v) is 5.48. The van der Waals surface area contributed by atoms with Crippen molar-refractivity contribution in [3.8, 4) is 0 Å². The van der Waals surface area contributed by atoms with Crippen molar-refractivity contribution in [1.29, 1.82) is 0 Å². The minimum atomic E-state index is -0.915. The standard InChI is InChI=1S/C24H30N2O3/c1-18(2)13-22(24(28)29)26-16-21(14-19-9-5-3-6-10-19)25(17-23(26)27)15-20-11-7-4-8-12-20/h3-12,18,21-22H,13-17H2,1-2H3,(H,28,29)/t21-,22+/m1/s1. The van der Waals surface area contributed by atoms with Crippen molar-refractivity contribution in [1.82, 2.24) is 9.80 Å². The zero-order valence-corrected chi connectivity index (χ0v) is 17.2. The van der Waals surface area contributed by atoms with Gasteiger partial charge < -0.3 is 10.0 Å². The molecule has 0 spiro atoms. The summed E-state index contributed by atoms with van der Waals surface area (Å²) < 4.78 is 0. The lowest BCUT2D eigenvalue weighted by Gasteiger charge is -2.43. The van der Waals surface area contributed by atoms with E-state index in [1.54, 1.807) is 4.90 Å². The fourth-order valence-corrected chi connectivity index (χ4v) is 4.03. The predicted octanol–water partition coefficient (Wildman–Crippen LogP) is 3.44. The summed E-state index contributed by atoms with van der Waals surface area (Å²) in [7, 11) is 0. The second-order valence-corrected chi connectivity index (χ2v) is 8.26. The van der Waals surface area contributed by atoms with Crippen LogP contribution in [-0.2, 0) is 22.6 Å². The second kappa shape index (κ2) is 9.70. The van der Waals surface area contributed by atoms with Gasteiger partial charge in [0, 0.05) is 19.1 Å². The normalized spacial score (nSPS) is 18.8. The van der Waals surface area contributed by atoms with E-state index in [-0.39, 0.29) is 24.4 Å². The maximum absolute atomic E-state index is 12.9. The Morgan fingerprint density at radius 1 is 1.03 bits per heavy atom. The van der Waals surface area contributed by atoms with E-state index < -0.39 is 12.0 Å². The molecule has 1 heterocycles. The molecule has 2 aromatic rings. The summed E-state index contributed by atoms with van der Waals surface area (Å²) in [5.41, 5.74) is 2.35. The Balaban J connectivity index is 1.83. The SMILES string of the molecule is CC(C)C[C@@H](C(=O)O)N1C[C@@H](Cc2ccccc2)N(Cc2ccccc2)CC1=O. The van der Waals surface area contributed by atoms with E-state index in [0.717, 1.165) is 12.0 Å². The summed E-state index contributed by atoms with van der Waals surface area (Å²) in [6.45, 7) is 5.35. The lowest BCUT2D eigenvalue weighted by molar-refractivity contribution is -0.155. The van der Waals surface area contributed by atoms with Gasteiger partial charge in [0.25, 0.3) is 0 Å². The van der Waals surface area contributed by atoms with Crippen molar-refractivity contribution >= 4 is 11.9 Å². The van der Waals surface area contributed by atoms with Gasteiger partial charge >= 0.3 is 5.97 Å². The second-order valence-electron chi connectivity index (χ2n) is 8.26. The number of carbonyl (C=O) groups excluding carboxylic acids is 1. The minimum Gasteiger partial charge on any atom is -0.480 e. The molecule has 5 nitrogen and oxygen atoms in total. The van der Waals surface area contributed by atoms with Gasteiger partial charge in [-0.3, -0.25) is 9.69 Å². The van der Waals surface area contributed by atoms with Crippen LogP contribution in [0.2, 0.25) is 0 Å². The van der Waals surface area contributed by atoms with E-state index in [0.29, 0.717) is 19.5 Å². The number of hydrogen-bond donors (Lipinski definition) is 1. The Hall–Kier alpha value is -2.66. The van der Waals surface area contributed by atoms with Crippen LogP contribution in [0.25, 0.3) is 0 Å². The molecule has 0 saturated carbocycles. The van der Waals surface area contributed by atoms with Crippen LogP contribution >= 0.6 is 0 Å². The number of hydrogen-bond acceptors (Lipinski definition) is 3. The maximum Gasteiger partial charge on any atom is 0.326 e. The molecule has 1 aliphatic rings. The Morgan fingerprint density at radius 2 is 1.62 bits per heavy atom. The maximum atomic E-state index is 12.9. The van der Waals surface area contributed by atoms with Gasteiger partial charge in [-0.15, -0.1) is 0 Å². The highest BCUT2D eigenvalue weighted by Gasteiger charge is 2.38. The van der Waals surface area contributed by atoms with Crippen molar-refractivity contribution in [3.63, 3.8) is 0 Å². The highest BCUT2D eigenvalue weighted by molar-refractivity contribution is 5.85. The van der Waals surface area contributed by atoms with Crippen LogP contribution in [-0.4, -0.2) is 52.0 Å². The molecular weight excluding hydrogens is 364 g/mol. The van der Waals surface area contributed by atoms with E-state index in [9.17, 15) is 14.7 Å². The summed E-state index contributed by atoms with van der Waals surface area (Å²) in [4.78, 5) is 28.6. The number of carbonyl (C=O) groups is 2. The summed E-state index contributed by atoms with van der Waals surface area (Å²) >= 11 is 0. The highest BCUT2D eigenvalue weighted by Crippen LogP contribution is 2.23. The quantitative estimate of drug-likeness (QED) is 0.745. The molecule has 1 N–H and O–H groups in total. The smallest absolute Gasteiger partial charge is 0.326 e. The molecule has 0 aromatic heterocycles. The highest BCUT2D eigenvalue weighted by atomic mass is 16.4. The molecule has 0 radical (unpaired) electrons. The molecule has 29 heavy (non-hydrogen) atoms. The largest absolute Gasteiger partial charge is 0.480 e. The number of rotatable bonds is 8. The average Bonchev–Trinajstić information content (AvgIpc) is 2.69. The number of piperazine rings is 1. The lowest BCUT2D eigenvalue weighted by atomic mass is 9.97. The third kappa shape index (κ3) is 5.67. The van der Waals surface area contributed by atoms with E-state index in [2.05, 4.69) is 29.2 Å². The molecule has 1 saturated heterocycles. The van der Waals surface area contributed by atoms with Gasteiger partial charge in [-0.1, -0.05) is 74.5 Å². The molecule has 2 aromatic carbocycles. The van der Waals surface area contributed by atoms with Crippen LogP contribution in [0.3, 0.4) is 0 Å². The van der Waals surface area contributed by atoms with Gasteiger partial charge in [-0.05, 0) is 29.9 Å². The molecule has 154 valence electrons. The number of aliphatic carboxylic acids is 1. The third-order valence-electron chi connectivity index (χ3n) is 5.48. The Morgan fingerprint density at radius 3 is 2.17 bits per heavy atom. The van der Waals surface area contributed by atoms with Gasteiger partial charge in [-0.25, -0.2) is 4.79 Å². The van der Waals surface area contributed by atoms with Crippen LogP contribution in [0.15, 0.2) is 60.7 Å². The summed E-state index contributed by atoms with van der Waals surface area (Å²) in [5, 5.41) is 9.76. The van der Waals surface area contributed by atoms with Crippen LogP contribution in [0.1, 0.15) is 31.4 Å². The van der Waals surface area contributed by atoms with E-state index >= 15 is 0 Å². The van der Waals surface area contributed by atoms with E-state index in [4.69, 9.17) is 0 Å². The van der Waals surface area contributed by atoms with Crippen molar-refractivity contribution in [2.45, 2.75) is 45.3 Å². The topological polar surface area (TPSA) is 60.9 Å². The zero-order valence-electron chi connectivity index (χ0n) is 17.2. The summed E-state index contributed by atoms with van der Waals surface area (Å²) in [6.07, 6.45) is 1.25. The first-order valence-electron chi connectivity index (χ1n) is 10.3. The monoisotopic (exact) mass is 394 g/mol. The molecule has 5 heteroatoms. The van der Waals surface area contributed by atoms with Crippen LogP contribution in [0.4, 0.5) is 0 Å². The number of benzene rings is 2. The van der Waals surface area contributed by atoms with Crippen molar-refractivity contribution < 1.29 is 14.7 Å². The molecule has 0 aliphatic carbocycles. The van der Waals surface area contributed by atoms with Gasteiger partial charge in [0.2, 0.25) is 5.91 Å². The molecule has 3 rings (SSSR count). The van der Waals surface area contributed by atoms with Gasteiger partial charge in [-0.2, -0.15) is 0 Å². The fraction of sp³-hybridized carbons (Fsp3) is 0.417. The molecule has 2 atom stereocenters. The first-order valence-corrected chi connectivity index (χ1v) is 10.3. The van der Waals surface area contributed by atoms with Crippen LogP contribution in [0, 0.1) is 5.92 Å². The predicted molar refractivity (Wildman–Crippen MR) is 113 cm³/mol. The molecule has 0 bridgehead atoms. The number of carboxylic acids is 1. The lowest BCUT2D eigenvalue weighted by Crippen LogP contribution is -2.60. The van der Waals surface area contributed by atoms with Crippen molar-refractivity contribution in [2.24, 2.45) is 5.92 Å². The summed E-state index contributed by atoms with van der Waals surface area (Å²) in [6, 6.07) is 19.6. The number of amides is 1. The summed E-state index contributed by atoms with van der Waals surface area (Å²) in [5.74, 6) is -0.806. The van der Waals surface area contributed by atoms with Crippen LogP contribution < -0.4 is 0 Å². The van der Waals surface area contributed by atoms with Crippen molar-refractivity contribution in [2.75, 3.05) is 13.1 Å². The average molecular weight is 395 g/mol. The van der Waals surface area contributed by atoms with E-state index in [1.165, 1.54) is 5.56 Å². The van der Waals surface area contributed by atoms with Crippen LogP contribution in [0.5, 0.6) is 0 Å². The molecule has 1 aliphatic heterocycles. The van der Waals surface area contributed by atoms with Gasteiger partial charge in [0.05, 0.1) is 6.54 Å². The zero-order chi connectivity index (χ0) is 20.8. The molecule has 1 fully saturated rings. The Kier molecular flexibility index (Phi) is 7.04. The Bertz CT molecular complexity index is 807. The van der Waals surface area contributed by atoms with Gasteiger partial charge in [0.15, 0.2) is 0 Å². The first kappa shape index (κ1) is 21.1.